The van der Waals surface area contributed by atoms with Gasteiger partial charge in [0.1, 0.15) is 0 Å². The first-order valence-electron chi connectivity index (χ1n) is 9.18. The largest absolute Gasteiger partial charge is 0.238 e. The average molecular weight is 336 g/mol. The number of hydrogen-bond acceptors (Lipinski definition) is 2. The molecule has 0 amide bonds. The van der Waals surface area contributed by atoms with Crippen molar-refractivity contribution >= 4 is 10.0 Å². The molecule has 3 rings (SSSR count). The van der Waals surface area contributed by atoms with Gasteiger partial charge in [-0.15, -0.1) is 0 Å². The highest BCUT2D eigenvalue weighted by Crippen LogP contribution is 2.45. The van der Waals surface area contributed by atoms with Crippen LogP contribution in [0.3, 0.4) is 0 Å². The third kappa shape index (κ3) is 4.16. The summed E-state index contributed by atoms with van der Waals surface area (Å²) in [6, 6.07) is 7.44. The van der Waals surface area contributed by atoms with Crippen LogP contribution in [-0.4, -0.2) is 8.42 Å². The summed E-state index contributed by atoms with van der Waals surface area (Å²) in [6.07, 6.45) is 13.5. The van der Waals surface area contributed by atoms with Crippen LogP contribution in [0.25, 0.3) is 0 Å². The fourth-order valence-corrected chi connectivity index (χ4v) is 5.31. The van der Waals surface area contributed by atoms with E-state index in [2.05, 4.69) is 0 Å². The molecule has 0 saturated heterocycles. The minimum absolute atomic E-state index is 0.229. The lowest BCUT2D eigenvalue weighted by molar-refractivity contribution is 0.202. The third-order valence-electron chi connectivity index (χ3n) is 5.91. The summed E-state index contributed by atoms with van der Waals surface area (Å²) in [7, 11) is -3.60. The maximum Gasteiger partial charge on any atom is 0.238 e. The van der Waals surface area contributed by atoms with Crippen molar-refractivity contribution in [3.05, 3.63) is 29.8 Å². The maximum atomic E-state index is 11.5. The molecule has 2 aliphatic carbocycles. The summed E-state index contributed by atoms with van der Waals surface area (Å²) >= 11 is 0. The van der Waals surface area contributed by atoms with Gasteiger partial charge in [-0.3, -0.25) is 0 Å². The fourth-order valence-electron chi connectivity index (χ4n) is 4.80. The van der Waals surface area contributed by atoms with Gasteiger partial charge in [-0.1, -0.05) is 50.7 Å². The van der Waals surface area contributed by atoms with E-state index in [0.717, 1.165) is 11.8 Å². The van der Waals surface area contributed by atoms with Crippen LogP contribution in [-0.2, 0) is 10.0 Å². The van der Waals surface area contributed by atoms with Gasteiger partial charge in [0.05, 0.1) is 4.90 Å². The second-order valence-electron chi connectivity index (χ2n) is 7.44. The predicted octanol–water partition coefficient (Wildman–Crippen LogP) is 4.58. The first-order chi connectivity index (χ1) is 11.1. The van der Waals surface area contributed by atoms with Crippen molar-refractivity contribution in [2.45, 2.75) is 75.0 Å². The highest BCUT2D eigenvalue weighted by molar-refractivity contribution is 7.89. The van der Waals surface area contributed by atoms with Crippen molar-refractivity contribution in [2.75, 3.05) is 0 Å². The van der Waals surface area contributed by atoms with Crippen molar-refractivity contribution in [2.24, 2.45) is 17.0 Å². The normalized spacial score (nSPS) is 21.7. The second kappa shape index (κ2) is 7.35. The van der Waals surface area contributed by atoms with Gasteiger partial charge in [-0.25, -0.2) is 13.6 Å². The summed E-state index contributed by atoms with van der Waals surface area (Å²) in [6.45, 7) is 0. The molecule has 128 valence electrons. The van der Waals surface area contributed by atoms with E-state index in [9.17, 15) is 8.42 Å². The molecule has 0 spiro atoms. The minimum atomic E-state index is -3.60. The SMILES string of the molecule is NS(=O)(=O)c1ccc(C(C2CCCCC2)C2CCCCC2)cc1. The Morgan fingerprint density at radius 3 is 1.61 bits per heavy atom. The van der Waals surface area contributed by atoms with Crippen LogP contribution >= 0.6 is 0 Å². The molecule has 1 aromatic rings. The van der Waals surface area contributed by atoms with E-state index in [-0.39, 0.29) is 4.90 Å². The third-order valence-corrected chi connectivity index (χ3v) is 6.84. The summed E-state index contributed by atoms with van der Waals surface area (Å²) in [5.74, 6) is 2.14. The van der Waals surface area contributed by atoms with Gasteiger partial charge in [0.15, 0.2) is 0 Å². The van der Waals surface area contributed by atoms with Gasteiger partial charge in [-0.2, -0.15) is 0 Å². The number of sulfonamides is 1. The first-order valence-corrected chi connectivity index (χ1v) is 10.7. The Hall–Kier alpha value is -0.870. The lowest BCUT2D eigenvalue weighted by Gasteiger charge is -2.38. The molecule has 4 heteroatoms. The van der Waals surface area contributed by atoms with E-state index in [1.165, 1.54) is 69.8 Å². The molecule has 2 N–H and O–H groups in total. The lowest BCUT2D eigenvalue weighted by atomic mass is 9.67. The van der Waals surface area contributed by atoms with Crippen LogP contribution in [0.15, 0.2) is 29.2 Å². The van der Waals surface area contributed by atoms with Crippen LogP contribution in [0, 0.1) is 11.8 Å². The number of nitrogens with two attached hydrogens (primary N) is 1. The lowest BCUT2D eigenvalue weighted by Crippen LogP contribution is -2.25. The van der Waals surface area contributed by atoms with Crippen LogP contribution in [0.4, 0.5) is 0 Å². The van der Waals surface area contributed by atoms with Crippen molar-refractivity contribution < 1.29 is 8.42 Å². The molecule has 2 aliphatic rings. The number of primary sulfonamides is 1. The highest BCUT2D eigenvalue weighted by Gasteiger charge is 2.32. The Labute approximate surface area is 140 Å². The summed E-state index contributed by atoms with van der Waals surface area (Å²) < 4.78 is 23.0. The molecular formula is C19H29NO2S. The zero-order valence-corrected chi connectivity index (χ0v) is 14.7. The Bertz CT molecular complexity index is 579. The van der Waals surface area contributed by atoms with E-state index in [4.69, 9.17) is 5.14 Å². The van der Waals surface area contributed by atoms with Gasteiger partial charge in [0.25, 0.3) is 0 Å². The van der Waals surface area contributed by atoms with Gasteiger partial charge in [0, 0.05) is 0 Å². The van der Waals surface area contributed by atoms with Gasteiger partial charge in [-0.05, 0) is 61.1 Å². The van der Waals surface area contributed by atoms with E-state index in [1.54, 1.807) is 12.1 Å². The molecule has 0 unspecified atom stereocenters. The first kappa shape index (κ1) is 17.0. The number of hydrogen-bond donors (Lipinski definition) is 1. The zero-order valence-electron chi connectivity index (χ0n) is 13.9. The second-order valence-corrected chi connectivity index (χ2v) is 9.00. The van der Waals surface area contributed by atoms with Crippen molar-refractivity contribution in [1.29, 1.82) is 0 Å². The number of benzene rings is 1. The Balaban J connectivity index is 1.87. The van der Waals surface area contributed by atoms with Crippen LogP contribution in [0.1, 0.15) is 75.7 Å². The van der Waals surface area contributed by atoms with E-state index in [0.29, 0.717) is 5.92 Å². The molecule has 2 saturated carbocycles. The molecule has 3 nitrogen and oxygen atoms in total. The van der Waals surface area contributed by atoms with Crippen LogP contribution < -0.4 is 5.14 Å². The predicted molar refractivity (Wildman–Crippen MR) is 93.7 cm³/mol. The molecule has 23 heavy (non-hydrogen) atoms. The van der Waals surface area contributed by atoms with Crippen molar-refractivity contribution in [3.63, 3.8) is 0 Å². The summed E-state index contributed by atoms with van der Waals surface area (Å²) in [4.78, 5) is 0.229. The Morgan fingerprint density at radius 1 is 0.783 bits per heavy atom. The molecule has 0 bridgehead atoms. The molecule has 0 aliphatic heterocycles. The van der Waals surface area contributed by atoms with Crippen molar-refractivity contribution in [1.82, 2.24) is 0 Å². The standard InChI is InChI=1S/C19H29NO2S/c20-23(21,22)18-13-11-17(12-14-18)19(15-7-3-1-4-8-15)16-9-5-2-6-10-16/h11-16,19H,1-10H2,(H2,20,21,22). The average Bonchev–Trinajstić information content (AvgIpc) is 2.57. The Kier molecular flexibility index (Phi) is 5.42. The van der Waals surface area contributed by atoms with Crippen LogP contribution in [0.5, 0.6) is 0 Å². The fraction of sp³-hybridized carbons (Fsp3) is 0.684. The van der Waals surface area contributed by atoms with Gasteiger partial charge < -0.3 is 0 Å². The monoisotopic (exact) mass is 335 g/mol. The number of rotatable bonds is 4. The molecule has 0 radical (unpaired) electrons. The van der Waals surface area contributed by atoms with Crippen molar-refractivity contribution in [3.8, 4) is 0 Å². The zero-order chi connectivity index (χ0) is 16.3. The minimum Gasteiger partial charge on any atom is -0.225 e. The molecule has 2 fully saturated rings. The van der Waals surface area contributed by atoms with E-state index < -0.39 is 10.0 Å². The topological polar surface area (TPSA) is 60.2 Å². The molecular weight excluding hydrogens is 306 g/mol. The smallest absolute Gasteiger partial charge is 0.225 e. The molecule has 0 atom stereocenters. The molecule has 1 aromatic carbocycles. The summed E-state index contributed by atoms with van der Waals surface area (Å²) in [5, 5.41) is 5.24. The molecule has 0 aromatic heterocycles. The Morgan fingerprint density at radius 2 is 1.22 bits per heavy atom. The summed E-state index contributed by atoms with van der Waals surface area (Å²) in [5.41, 5.74) is 1.33. The van der Waals surface area contributed by atoms with E-state index in [1.807, 2.05) is 12.1 Å². The van der Waals surface area contributed by atoms with Crippen LogP contribution in [0.2, 0.25) is 0 Å². The van der Waals surface area contributed by atoms with E-state index >= 15 is 0 Å². The van der Waals surface area contributed by atoms with Gasteiger partial charge in [0.2, 0.25) is 10.0 Å². The molecule has 0 heterocycles. The highest BCUT2D eigenvalue weighted by atomic mass is 32.2. The quantitative estimate of drug-likeness (QED) is 0.875. The maximum absolute atomic E-state index is 11.5. The van der Waals surface area contributed by atoms with Gasteiger partial charge >= 0.3 is 0 Å².